The molecule has 0 amide bonds. The third-order valence-corrected chi connectivity index (χ3v) is 1.67. The second-order valence-electron chi connectivity index (χ2n) is 3.75. The molecule has 0 atom stereocenters. The van der Waals surface area contributed by atoms with Gasteiger partial charge in [-0.25, -0.2) is 4.39 Å². The van der Waals surface area contributed by atoms with Gasteiger partial charge in [0.05, 0.1) is 0 Å². The van der Waals surface area contributed by atoms with Gasteiger partial charge in [0.25, 0.3) is 0 Å². The first-order valence-corrected chi connectivity index (χ1v) is 6.73. The highest BCUT2D eigenvalue weighted by molar-refractivity contribution is 5.97. The first-order chi connectivity index (χ1) is 9.80. The average molecular weight is 310 g/mol. The number of halogens is 4. The molecule has 0 fully saturated rings. The van der Waals surface area contributed by atoms with Crippen LogP contribution in [0.15, 0.2) is 24.3 Å². The van der Waals surface area contributed by atoms with Gasteiger partial charge in [0.2, 0.25) is 0 Å². The predicted molar refractivity (Wildman–Crippen MR) is 74.9 cm³/mol. The van der Waals surface area contributed by atoms with Crippen molar-refractivity contribution in [1.82, 2.24) is 0 Å². The number of rotatable bonds is 4. The maximum Gasteiger partial charge on any atom is 0.411 e. The topological polar surface area (TPSA) is 26.3 Å². The molecule has 1 rings (SSSR count). The summed E-state index contributed by atoms with van der Waals surface area (Å²) in [7, 11) is 0. The van der Waals surface area contributed by atoms with Crippen LogP contribution in [0.4, 0.5) is 17.6 Å². The molecule has 0 saturated heterocycles. The van der Waals surface area contributed by atoms with Crippen molar-refractivity contribution in [3.05, 3.63) is 35.6 Å². The van der Waals surface area contributed by atoms with Crippen molar-refractivity contribution in [3.63, 3.8) is 0 Å². The molecule has 0 spiro atoms. The Bertz CT molecular complexity index is 372. The predicted octanol–water partition coefficient (Wildman–Crippen LogP) is 5.03. The molecule has 1 aromatic rings. The Hall–Kier alpha value is -1.43. The van der Waals surface area contributed by atoms with Crippen molar-refractivity contribution < 1.29 is 27.1 Å². The monoisotopic (exact) mass is 310 g/mol. The minimum absolute atomic E-state index is 0.114. The molecule has 0 aliphatic rings. The van der Waals surface area contributed by atoms with Crippen molar-refractivity contribution in [1.29, 1.82) is 0 Å². The zero-order valence-electron chi connectivity index (χ0n) is 12.8. The first-order valence-electron chi connectivity index (χ1n) is 6.73. The van der Waals surface area contributed by atoms with Gasteiger partial charge in [-0.15, -0.1) is 0 Å². The molecular formula is C15H22F4O2. The molecular weight excluding hydrogens is 288 g/mol. The molecule has 0 N–H and O–H groups in total. The first kappa shape index (κ1) is 21.9. The number of carbonyl (C=O) groups is 1. The van der Waals surface area contributed by atoms with Gasteiger partial charge in [-0.3, -0.25) is 4.79 Å². The number of hydrogen-bond donors (Lipinski definition) is 0. The second-order valence-corrected chi connectivity index (χ2v) is 3.75. The van der Waals surface area contributed by atoms with E-state index in [9.17, 15) is 22.4 Å². The quantitative estimate of drug-likeness (QED) is 0.576. The summed E-state index contributed by atoms with van der Waals surface area (Å²) in [5.41, 5.74) is 0.114. The summed E-state index contributed by atoms with van der Waals surface area (Å²) in [6, 6.07) is 4.48. The highest BCUT2D eigenvalue weighted by atomic mass is 19.4. The number of carbonyl (C=O) groups excluding carboxylic acids is 1. The standard InChI is InChI=1S/C10H8F4O2.C3H8.C2H6/c11-8-3-1-7(2-4-8)9(15)5-16-6-10(12,13)14;1-3-2;1-2/h1-4H,5-6H2;3H2,1-2H3;1-2H3. The molecule has 0 saturated carbocycles. The Morgan fingerprint density at radius 2 is 1.52 bits per heavy atom. The van der Waals surface area contributed by atoms with Gasteiger partial charge in [-0.05, 0) is 24.3 Å². The van der Waals surface area contributed by atoms with Crippen LogP contribution in [0, 0.1) is 5.82 Å². The van der Waals surface area contributed by atoms with Crippen LogP contribution in [0.5, 0.6) is 0 Å². The lowest BCUT2D eigenvalue weighted by Gasteiger charge is -2.06. The van der Waals surface area contributed by atoms with Gasteiger partial charge in [0, 0.05) is 5.56 Å². The van der Waals surface area contributed by atoms with Crippen LogP contribution >= 0.6 is 0 Å². The molecule has 6 heteroatoms. The van der Waals surface area contributed by atoms with Crippen molar-refractivity contribution in [2.75, 3.05) is 13.2 Å². The number of Topliss-reactive ketones (excluding diaryl/α,β-unsaturated/α-hetero) is 1. The summed E-state index contributed by atoms with van der Waals surface area (Å²) < 4.78 is 51.7. The number of hydrogen-bond acceptors (Lipinski definition) is 2. The van der Waals surface area contributed by atoms with Crippen molar-refractivity contribution in [3.8, 4) is 0 Å². The van der Waals surface area contributed by atoms with Crippen molar-refractivity contribution in [2.24, 2.45) is 0 Å². The molecule has 0 aliphatic carbocycles. The third-order valence-electron chi connectivity index (χ3n) is 1.67. The van der Waals surface area contributed by atoms with Gasteiger partial charge in [-0.2, -0.15) is 13.2 Å². The van der Waals surface area contributed by atoms with E-state index in [4.69, 9.17) is 0 Å². The molecule has 0 heterocycles. The lowest BCUT2D eigenvalue weighted by Crippen LogP contribution is -2.20. The Balaban J connectivity index is 0. The van der Waals surface area contributed by atoms with E-state index in [1.54, 1.807) is 0 Å². The molecule has 0 radical (unpaired) electrons. The molecule has 0 bridgehead atoms. The minimum atomic E-state index is -4.46. The summed E-state index contributed by atoms with van der Waals surface area (Å²) in [6.07, 6.45) is -3.21. The molecule has 122 valence electrons. The van der Waals surface area contributed by atoms with E-state index in [1.165, 1.54) is 18.6 Å². The lowest BCUT2D eigenvalue weighted by molar-refractivity contribution is -0.170. The molecule has 2 nitrogen and oxygen atoms in total. The van der Waals surface area contributed by atoms with Crippen LogP contribution in [0.25, 0.3) is 0 Å². The second kappa shape index (κ2) is 12.3. The zero-order valence-corrected chi connectivity index (χ0v) is 12.8. The van der Waals surface area contributed by atoms with Crippen LogP contribution in [0.3, 0.4) is 0 Å². The number of alkyl halides is 3. The maximum atomic E-state index is 12.5. The summed E-state index contributed by atoms with van der Waals surface area (Å²) in [5.74, 6) is -1.14. The van der Waals surface area contributed by atoms with Gasteiger partial charge in [0.1, 0.15) is 19.0 Å². The maximum absolute atomic E-state index is 12.5. The van der Waals surface area contributed by atoms with E-state index in [1.807, 2.05) is 13.8 Å². The van der Waals surface area contributed by atoms with Gasteiger partial charge >= 0.3 is 6.18 Å². The normalized spacial score (nSPS) is 9.90. The van der Waals surface area contributed by atoms with E-state index in [0.717, 1.165) is 12.1 Å². The summed E-state index contributed by atoms with van der Waals surface area (Å²) in [6.45, 7) is 6.10. The Kier molecular flexibility index (Phi) is 12.8. The van der Waals surface area contributed by atoms with Crippen LogP contribution in [-0.2, 0) is 4.74 Å². The highest BCUT2D eigenvalue weighted by Crippen LogP contribution is 2.14. The van der Waals surface area contributed by atoms with E-state index in [-0.39, 0.29) is 5.56 Å². The van der Waals surface area contributed by atoms with E-state index in [2.05, 4.69) is 18.6 Å². The van der Waals surface area contributed by atoms with Crippen molar-refractivity contribution >= 4 is 5.78 Å². The number of benzene rings is 1. The Morgan fingerprint density at radius 1 is 1.10 bits per heavy atom. The van der Waals surface area contributed by atoms with Gasteiger partial charge in [-0.1, -0.05) is 34.1 Å². The van der Waals surface area contributed by atoms with E-state index in [0.29, 0.717) is 0 Å². The SMILES string of the molecule is CC.CCC.O=C(COCC(F)(F)F)c1ccc(F)cc1. The molecule has 1 aromatic carbocycles. The smallest absolute Gasteiger partial charge is 0.364 e. The lowest BCUT2D eigenvalue weighted by atomic mass is 10.1. The number of ether oxygens (including phenoxy) is 1. The number of ketones is 1. The summed E-state index contributed by atoms with van der Waals surface area (Å²) >= 11 is 0. The van der Waals surface area contributed by atoms with E-state index < -0.39 is 31.0 Å². The Labute approximate surface area is 123 Å². The van der Waals surface area contributed by atoms with E-state index >= 15 is 0 Å². The molecule has 21 heavy (non-hydrogen) atoms. The molecule has 0 unspecified atom stereocenters. The van der Waals surface area contributed by atoms with Crippen LogP contribution in [0.1, 0.15) is 44.5 Å². The summed E-state index contributed by atoms with van der Waals surface area (Å²) in [5, 5.41) is 0. The van der Waals surface area contributed by atoms with Crippen LogP contribution < -0.4 is 0 Å². The fourth-order valence-corrected chi connectivity index (χ4v) is 0.979. The van der Waals surface area contributed by atoms with Gasteiger partial charge in [0.15, 0.2) is 5.78 Å². The van der Waals surface area contributed by atoms with Crippen molar-refractivity contribution in [2.45, 2.75) is 40.3 Å². The van der Waals surface area contributed by atoms with Crippen LogP contribution in [-0.4, -0.2) is 25.2 Å². The van der Waals surface area contributed by atoms with Crippen LogP contribution in [0.2, 0.25) is 0 Å². The fraction of sp³-hybridized carbons (Fsp3) is 0.533. The molecule has 0 aromatic heterocycles. The molecule has 0 aliphatic heterocycles. The van der Waals surface area contributed by atoms with Gasteiger partial charge < -0.3 is 4.74 Å². The minimum Gasteiger partial charge on any atom is -0.364 e. The zero-order chi connectivity index (χ0) is 16.9. The highest BCUT2D eigenvalue weighted by Gasteiger charge is 2.27. The third kappa shape index (κ3) is 13.3. The average Bonchev–Trinajstić information content (AvgIpc) is 2.41. The largest absolute Gasteiger partial charge is 0.411 e. The Morgan fingerprint density at radius 3 is 1.90 bits per heavy atom. The fourth-order valence-electron chi connectivity index (χ4n) is 0.979. The summed E-state index contributed by atoms with van der Waals surface area (Å²) in [4.78, 5) is 11.2.